The van der Waals surface area contributed by atoms with E-state index in [0.29, 0.717) is 0 Å². The fourth-order valence-corrected chi connectivity index (χ4v) is 8.12. The lowest BCUT2D eigenvalue weighted by molar-refractivity contribution is 0.512. The molecule has 0 aliphatic rings. The Bertz CT molecular complexity index is 1480. The van der Waals surface area contributed by atoms with Gasteiger partial charge >= 0.3 is 0 Å². The minimum atomic E-state index is 0.953. The van der Waals surface area contributed by atoms with Crippen LogP contribution in [0.2, 0.25) is 0 Å². The van der Waals surface area contributed by atoms with Crippen molar-refractivity contribution >= 4 is 88.5 Å². The summed E-state index contributed by atoms with van der Waals surface area (Å²) in [7, 11) is 0. The molecule has 0 N–H and O–H groups in total. The van der Waals surface area contributed by atoms with E-state index >= 15 is 0 Å². The van der Waals surface area contributed by atoms with E-state index in [4.69, 9.17) is 4.74 Å². The number of benzene rings is 2. The summed E-state index contributed by atoms with van der Waals surface area (Å²) in [4.78, 5) is 2.53. The van der Waals surface area contributed by atoms with Crippen molar-refractivity contribution in [1.82, 2.24) is 0 Å². The largest absolute Gasteiger partial charge is 0.436 e. The molecular formula is C30H22OS4. The normalized spacial score (nSPS) is 12.1. The first kappa shape index (κ1) is 22.5. The zero-order chi connectivity index (χ0) is 23.8. The van der Waals surface area contributed by atoms with Crippen LogP contribution in [0.25, 0.3) is 43.1 Å². The molecule has 0 amide bonds. The summed E-state index contributed by atoms with van der Waals surface area (Å²) in [5.74, 6) is 0. The summed E-state index contributed by atoms with van der Waals surface area (Å²) in [5.41, 5.74) is 5.02. The van der Waals surface area contributed by atoms with Crippen molar-refractivity contribution < 1.29 is 4.74 Å². The number of thiophene rings is 4. The van der Waals surface area contributed by atoms with Crippen molar-refractivity contribution in [3.63, 3.8) is 0 Å². The minimum absolute atomic E-state index is 0.953. The van der Waals surface area contributed by atoms with Crippen LogP contribution in [0.3, 0.4) is 0 Å². The van der Waals surface area contributed by atoms with Gasteiger partial charge in [0, 0.05) is 40.7 Å². The van der Waals surface area contributed by atoms with Crippen molar-refractivity contribution in [3.8, 4) is 10.1 Å². The van der Waals surface area contributed by atoms with Gasteiger partial charge in [-0.3, -0.25) is 0 Å². The Balaban J connectivity index is 1.13. The molecule has 1 nitrogen and oxygen atoms in total. The average molecular weight is 527 g/mol. The summed E-state index contributed by atoms with van der Waals surface area (Å²) < 4.78 is 11.3. The van der Waals surface area contributed by atoms with Crippen LogP contribution in [0.1, 0.15) is 32.0 Å². The topological polar surface area (TPSA) is 9.23 Å². The monoisotopic (exact) mass is 526 g/mol. The van der Waals surface area contributed by atoms with Crippen LogP contribution in [0.15, 0.2) is 72.8 Å². The highest BCUT2D eigenvalue weighted by Gasteiger charge is 2.11. The molecule has 2 aromatic carbocycles. The van der Waals surface area contributed by atoms with Crippen LogP contribution < -0.4 is 4.74 Å². The van der Waals surface area contributed by atoms with E-state index in [2.05, 4.69) is 111 Å². The second-order valence-electron chi connectivity index (χ2n) is 8.48. The number of aryl methyl sites for hydroxylation is 2. The van der Waals surface area contributed by atoms with Crippen molar-refractivity contribution in [2.24, 2.45) is 0 Å². The van der Waals surface area contributed by atoms with Crippen LogP contribution in [0.4, 0.5) is 0 Å². The van der Waals surface area contributed by atoms with E-state index < -0.39 is 0 Å². The van der Waals surface area contributed by atoms with E-state index in [1.165, 1.54) is 50.8 Å². The molecular weight excluding hydrogens is 505 g/mol. The zero-order valence-electron chi connectivity index (χ0n) is 19.3. The van der Waals surface area contributed by atoms with Crippen molar-refractivity contribution in [2.75, 3.05) is 0 Å². The maximum atomic E-state index is 6.24. The molecule has 172 valence electrons. The van der Waals surface area contributed by atoms with Gasteiger partial charge in [-0.05, 0) is 49.3 Å². The number of hydrogen-bond acceptors (Lipinski definition) is 5. The van der Waals surface area contributed by atoms with Gasteiger partial charge in [0.1, 0.15) is 0 Å². The molecule has 0 bridgehead atoms. The Hall–Kier alpha value is -2.96. The highest BCUT2D eigenvalue weighted by Crippen LogP contribution is 2.44. The fourth-order valence-electron chi connectivity index (χ4n) is 3.74. The molecule has 0 radical (unpaired) electrons. The third-order valence-corrected chi connectivity index (χ3v) is 9.92. The highest BCUT2D eigenvalue weighted by atomic mass is 32.1. The maximum absolute atomic E-state index is 6.24. The zero-order valence-corrected chi connectivity index (χ0v) is 22.5. The molecule has 6 aromatic rings. The Kier molecular flexibility index (Phi) is 6.17. The number of rotatable bonds is 6. The Labute approximate surface area is 220 Å². The lowest BCUT2D eigenvalue weighted by atomic mass is 10.1. The van der Waals surface area contributed by atoms with Gasteiger partial charge < -0.3 is 4.74 Å². The molecule has 35 heavy (non-hydrogen) atoms. The van der Waals surface area contributed by atoms with Gasteiger partial charge in [0.25, 0.3) is 0 Å². The van der Waals surface area contributed by atoms with Gasteiger partial charge in [0.15, 0.2) is 10.1 Å². The summed E-state index contributed by atoms with van der Waals surface area (Å²) >= 11 is 7.04. The molecule has 0 aliphatic carbocycles. The van der Waals surface area contributed by atoms with Crippen LogP contribution >= 0.6 is 45.3 Å². The molecule has 0 saturated heterocycles. The van der Waals surface area contributed by atoms with Crippen molar-refractivity contribution in [2.45, 2.75) is 13.8 Å². The molecule has 4 aromatic heterocycles. The van der Waals surface area contributed by atoms with Crippen molar-refractivity contribution in [3.05, 3.63) is 105 Å². The third-order valence-electron chi connectivity index (χ3n) is 5.64. The van der Waals surface area contributed by atoms with Gasteiger partial charge in [-0.15, -0.1) is 22.7 Å². The van der Waals surface area contributed by atoms with E-state index in [-0.39, 0.29) is 0 Å². The second-order valence-corrected chi connectivity index (χ2v) is 12.8. The fraction of sp³-hybridized carbons (Fsp3) is 0.0667. The summed E-state index contributed by atoms with van der Waals surface area (Å²) in [6.45, 7) is 4.23. The van der Waals surface area contributed by atoms with Gasteiger partial charge in [-0.2, -0.15) is 0 Å². The van der Waals surface area contributed by atoms with Gasteiger partial charge in [0.05, 0.1) is 0 Å². The number of ether oxygens (including phenoxy) is 1. The van der Waals surface area contributed by atoms with Gasteiger partial charge in [-0.1, -0.05) is 94.5 Å². The van der Waals surface area contributed by atoms with Crippen molar-refractivity contribution in [1.29, 1.82) is 0 Å². The molecule has 0 spiro atoms. The van der Waals surface area contributed by atoms with Crippen LogP contribution in [0, 0.1) is 13.8 Å². The molecule has 0 atom stereocenters. The predicted molar refractivity (Wildman–Crippen MR) is 160 cm³/mol. The highest BCUT2D eigenvalue weighted by molar-refractivity contribution is 7.30. The van der Waals surface area contributed by atoms with Gasteiger partial charge in [-0.25, -0.2) is 0 Å². The van der Waals surface area contributed by atoms with Crippen LogP contribution in [-0.2, 0) is 0 Å². The molecule has 5 heteroatoms. The Morgan fingerprint density at radius 3 is 1.29 bits per heavy atom. The van der Waals surface area contributed by atoms with Crippen LogP contribution in [0.5, 0.6) is 10.1 Å². The SMILES string of the molecule is Cc1ccc(/C=C/c2cc3sc(Oc4cc5sc(/C=C/c6ccc(C)cc6)cc5s4)cc3s2)cc1. The van der Waals surface area contributed by atoms with E-state index in [1.807, 2.05) is 0 Å². The maximum Gasteiger partial charge on any atom is 0.184 e. The summed E-state index contributed by atoms with van der Waals surface area (Å²) in [6.07, 6.45) is 8.74. The quantitative estimate of drug-likeness (QED) is 0.210. The van der Waals surface area contributed by atoms with E-state index in [9.17, 15) is 0 Å². The molecule has 0 fully saturated rings. The first-order chi connectivity index (χ1) is 17.1. The third kappa shape index (κ3) is 5.19. The van der Waals surface area contributed by atoms with E-state index in [0.717, 1.165) is 10.1 Å². The van der Waals surface area contributed by atoms with E-state index in [1.54, 1.807) is 45.3 Å². The minimum Gasteiger partial charge on any atom is -0.436 e. The summed E-state index contributed by atoms with van der Waals surface area (Å²) in [6, 6.07) is 26.0. The lowest BCUT2D eigenvalue weighted by Gasteiger charge is -1.97. The number of fused-ring (bicyclic) bond motifs is 2. The Morgan fingerprint density at radius 2 is 0.886 bits per heavy atom. The first-order valence-electron chi connectivity index (χ1n) is 11.3. The summed E-state index contributed by atoms with van der Waals surface area (Å²) in [5, 5.41) is 1.91. The Morgan fingerprint density at radius 1 is 0.486 bits per heavy atom. The molecule has 4 heterocycles. The molecule has 0 saturated carbocycles. The molecule has 0 unspecified atom stereocenters. The lowest BCUT2D eigenvalue weighted by Crippen LogP contribution is -1.73. The molecule has 6 rings (SSSR count). The van der Waals surface area contributed by atoms with Crippen LogP contribution in [-0.4, -0.2) is 0 Å². The van der Waals surface area contributed by atoms with Gasteiger partial charge in [0.2, 0.25) is 0 Å². The number of hydrogen-bond donors (Lipinski definition) is 0. The standard InChI is InChI=1S/C30H22OS4/c1-19-3-7-21(8-4-19)11-13-23-15-25-27(32-23)17-29(34-25)31-30-18-28-26(35-30)16-24(33-28)14-12-22-9-5-20(2)6-10-22/h3-18H,1-2H3/b13-11+,14-12+. The molecule has 0 aliphatic heterocycles. The predicted octanol–water partition coefficient (Wildman–Crippen LogP) is 11.0. The first-order valence-corrected chi connectivity index (χ1v) is 14.6. The average Bonchev–Trinajstić information content (AvgIpc) is 3.58. The second kappa shape index (κ2) is 9.59. The smallest absolute Gasteiger partial charge is 0.184 e.